The number of nitrogens with one attached hydrogen (secondary N) is 2. The van der Waals surface area contributed by atoms with Crippen LogP contribution in [0.3, 0.4) is 0 Å². The SMILES string of the molecule is CCC(C)C(NC(=O)C(N)CCSC)C(=O)N1CCCC1C(=O)NC(CC(N)=O)C(=O)O. The van der Waals surface area contributed by atoms with Gasteiger partial charge in [0.2, 0.25) is 23.6 Å². The molecule has 182 valence electrons. The number of rotatable bonds is 13. The topological polar surface area (TPSA) is 185 Å². The number of nitrogens with zero attached hydrogens (tertiary/aromatic N) is 1. The first-order valence-corrected chi connectivity index (χ1v) is 12.1. The van der Waals surface area contributed by atoms with Crippen LogP contribution in [0.25, 0.3) is 0 Å². The van der Waals surface area contributed by atoms with Crippen LogP contribution < -0.4 is 22.1 Å². The molecular weight excluding hydrogens is 438 g/mol. The van der Waals surface area contributed by atoms with E-state index >= 15 is 0 Å². The van der Waals surface area contributed by atoms with E-state index in [0.717, 1.165) is 0 Å². The van der Waals surface area contributed by atoms with E-state index in [0.29, 0.717) is 38.0 Å². The molecule has 0 radical (unpaired) electrons. The highest BCUT2D eigenvalue weighted by Gasteiger charge is 2.40. The summed E-state index contributed by atoms with van der Waals surface area (Å²) in [5, 5.41) is 14.3. The third-order valence-corrected chi connectivity index (χ3v) is 6.25. The van der Waals surface area contributed by atoms with E-state index in [-0.39, 0.29) is 5.92 Å². The Bertz CT molecular complexity index is 706. The lowest BCUT2D eigenvalue weighted by atomic mass is 9.96. The number of thioether (sulfide) groups is 1. The molecule has 0 aliphatic carbocycles. The molecule has 1 fully saturated rings. The largest absolute Gasteiger partial charge is 0.480 e. The van der Waals surface area contributed by atoms with Gasteiger partial charge in [-0.2, -0.15) is 11.8 Å². The zero-order valence-corrected chi connectivity index (χ0v) is 19.7. The highest BCUT2D eigenvalue weighted by Crippen LogP contribution is 2.22. The maximum absolute atomic E-state index is 13.3. The quantitative estimate of drug-likeness (QED) is 0.226. The standard InChI is InChI=1S/C20H35N5O6S/c1-4-11(2)16(24-17(27)12(21)7-9-32-3)19(29)25-8-5-6-14(25)18(28)23-13(20(30)31)10-15(22)26/h11-14,16H,4-10,21H2,1-3H3,(H2,22,26)(H,23,28)(H,24,27)(H,30,31). The van der Waals surface area contributed by atoms with Gasteiger partial charge in [-0.25, -0.2) is 4.79 Å². The number of carboxylic acid groups (broad SMARTS) is 1. The number of likely N-dealkylation sites (tertiary alicyclic amines) is 1. The number of carboxylic acids is 1. The molecule has 0 aromatic heterocycles. The van der Waals surface area contributed by atoms with Crippen LogP contribution >= 0.6 is 11.8 Å². The highest BCUT2D eigenvalue weighted by atomic mass is 32.2. The van der Waals surface area contributed by atoms with Crippen molar-refractivity contribution < 1.29 is 29.1 Å². The van der Waals surface area contributed by atoms with Gasteiger partial charge in [-0.05, 0) is 37.2 Å². The lowest BCUT2D eigenvalue weighted by Crippen LogP contribution is -2.58. The fourth-order valence-electron chi connectivity index (χ4n) is 3.47. The van der Waals surface area contributed by atoms with Crippen LogP contribution in [0.1, 0.15) is 46.0 Å². The monoisotopic (exact) mass is 473 g/mol. The third kappa shape index (κ3) is 7.97. The molecule has 1 heterocycles. The van der Waals surface area contributed by atoms with Gasteiger partial charge in [0.25, 0.3) is 0 Å². The number of hydrogen-bond acceptors (Lipinski definition) is 7. The molecule has 0 aromatic rings. The lowest BCUT2D eigenvalue weighted by molar-refractivity contribution is -0.146. The molecule has 5 atom stereocenters. The second-order valence-electron chi connectivity index (χ2n) is 8.02. The van der Waals surface area contributed by atoms with Crippen molar-refractivity contribution in [2.75, 3.05) is 18.6 Å². The number of nitrogens with two attached hydrogens (primary N) is 2. The Kier molecular flexibility index (Phi) is 11.5. The Morgan fingerprint density at radius 3 is 2.41 bits per heavy atom. The predicted octanol–water partition coefficient (Wildman–Crippen LogP) is -0.966. The number of carbonyl (C=O) groups excluding carboxylic acids is 4. The predicted molar refractivity (Wildman–Crippen MR) is 120 cm³/mol. The summed E-state index contributed by atoms with van der Waals surface area (Å²) in [6.45, 7) is 4.01. The van der Waals surface area contributed by atoms with Crippen LogP contribution in [0.15, 0.2) is 0 Å². The smallest absolute Gasteiger partial charge is 0.326 e. The molecule has 5 unspecified atom stereocenters. The molecule has 1 aliphatic heterocycles. The molecule has 0 aromatic carbocycles. The molecule has 4 amide bonds. The molecule has 1 aliphatic rings. The first-order chi connectivity index (χ1) is 15.0. The van der Waals surface area contributed by atoms with Crippen LogP contribution in [-0.4, -0.2) is 82.3 Å². The van der Waals surface area contributed by atoms with Crippen molar-refractivity contribution in [1.82, 2.24) is 15.5 Å². The minimum Gasteiger partial charge on any atom is -0.480 e. The van der Waals surface area contributed by atoms with Gasteiger partial charge < -0.3 is 32.1 Å². The number of aliphatic carboxylic acids is 1. The van der Waals surface area contributed by atoms with Crippen molar-refractivity contribution in [2.24, 2.45) is 17.4 Å². The van der Waals surface area contributed by atoms with Crippen molar-refractivity contribution in [3.05, 3.63) is 0 Å². The van der Waals surface area contributed by atoms with E-state index in [1.54, 1.807) is 11.8 Å². The van der Waals surface area contributed by atoms with E-state index in [4.69, 9.17) is 11.5 Å². The first-order valence-electron chi connectivity index (χ1n) is 10.7. The molecule has 32 heavy (non-hydrogen) atoms. The summed E-state index contributed by atoms with van der Waals surface area (Å²) >= 11 is 1.57. The minimum atomic E-state index is -1.47. The lowest BCUT2D eigenvalue weighted by Gasteiger charge is -2.32. The van der Waals surface area contributed by atoms with Gasteiger partial charge in [0, 0.05) is 6.54 Å². The van der Waals surface area contributed by atoms with Crippen LogP contribution in [0.2, 0.25) is 0 Å². The van der Waals surface area contributed by atoms with Crippen LogP contribution in [-0.2, 0) is 24.0 Å². The highest BCUT2D eigenvalue weighted by molar-refractivity contribution is 7.98. The molecule has 12 heteroatoms. The van der Waals surface area contributed by atoms with Crippen molar-refractivity contribution in [2.45, 2.75) is 70.1 Å². The number of hydrogen-bond donors (Lipinski definition) is 5. The maximum Gasteiger partial charge on any atom is 0.326 e. The fourth-order valence-corrected chi connectivity index (χ4v) is 3.96. The van der Waals surface area contributed by atoms with Gasteiger partial charge in [0.05, 0.1) is 12.5 Å². The van der Waals surface area contributed by atoms with Crippen molar-refractivity contribution >= 4 is 41.4 Å². The Labute approximate surface area is 192 Å². The number of amides is 4. The Hall–Kier alpha value is -2.34. The summed E-state index contributed by atoms with van der Waals surface area (Å²) < 4.78 is 0. The third-order valence-electron chi connectivity index (χ3n) is 5.60. The summed E-state index contributed by atoms with van der Waals surface area (Å²) in [6.07, 6.45) is 3.33. The van der Waals surface area contributed by atoms with Gasteiger partial charge in [-0.15, -0.1) is 0 Å². The molecule has 1 saturated heterocycles. The van der Waals surface area contributed by atoms with E-state index < -0.39 is 60.2 Å². The molecule has 11 nitrogen and oxygen atoms in total. The molecule has 0 saturated carbocycles. The maximum atomic E-state index is 13.3. The van der Waals surface area contributed by atoms with Crippen LogP contribution in [0, 0.1) is 5.92 Å². The van der Waals surface area contributed by atoms with Crippen LogP contribution in [0.4, 0.5) is 0 Å². The average Bonchev–Trinajstić information content (AvgIpc) is 3.23. The van der Waals surface area contributed by atoms with Crippen molar-refractivity contribution in [3.8, 4) is 0 Å². The zero-order chi connectivity index (χ0) is 24.4. The van der Waals surface area contributed by atoms with Gasteiger partial charge in [0.1, 0.15) is 18.1 Å². The van der Waals surface area contributed by atoms with Gasteiger partial charge in [-0.1, -0.05) is 20.3 Å². The normalized spacial score (nSPS) is 19.5. The summed E-state index contributed by atoms with van der Waals surface area (Å²) in [5.74, 6) is -3.26. The first kappa shape index (κ1) is 27.7. The summed E-state index contributed by atoms with van der Waals surface area (Å²) in [4.78, 5) is 62.4. The summed E-state index contributed by atoms with van der Waals surface area (Å²) in [6, 6.07) is -3.98. The second kappa shape index (κ2) is 13.3. The fraction of sp³-hybridized carbons (Fsp3) is 0.750. The molecule has 1 rings (SSSR count). The van der Waals surface area contributed by atoms with Gasteiger partial charge in [0.15, 0.2) is 0 Å². The Balaban J connectivity index is 2.96. The number of carbonyl (C=O) groups is 5. The average molecular weight is 474 g/mol. The second-order valence-corrected chi connectivity index (χ2v) is 9.00. The summed E-state index contributed by atoms with van der Waals surface area (Å²) in [5.41, 5.74) is 11.0. The van der Waals surface area contributed by atoms with Gasteiger partial charge >= 0.3 is 5.97 Å². The van der Waals surface area contributed by atoms with E-state index in [1.807, 2.05) is 20.1 Å². The van der Waals surface area contributed by atoms with E-state index in [2.05, 4.69) is 10.6 Å². The van der Waals surface area contributed by atoms with E-state index in [1.165, 1.54) is 4.90 Å². The minimum absolute atomic E-state index is 0.204. The van der Waals surface area contributed by atoms with Crippen molar-refractivity contribution in [1.29, 1.82) is 0 Å². The van der Waals surface area contributed by atoms with Gasteiger partial charge in [-0.3, -0.25) is 19.2 Å². The van der Waals surface area contributed by atoms with E-state index in [9.17, 15) is 29.1 Å². The molecule has 7 N–H and O–H groups in total. The number of primary amides is 1. The molecule has 0 spiro atoms. The van der Waals surface area contributed by atoms with Crippen LogP contribution in [0.5, 0.6) is 0 Å². The molecule has 0 bridgehead atoms. The molecular formula is C20H35N5O6S. The Morgan fingerprint density at radius 1 is 1.22 bits per heavy atom. The Morgan fingerprint density at radius 2 is 1.88 bits per heavy atom. The summed E-state index contributed by atoms with van der Waals surface area (Å²) in [7, 11) is 0. The van der Waals surface area contributed by atoms with Crippen molar-refractivity contribution in [3.63, 3.8) is 0 Å². The zero-order valence-electron chi connectivity index (χ0n) is 18.8.